The first kappa shape index (κ1) is 14.3. The molecule has 2 aromatic rings. The van der Waals surface area contributed by atoms with Gasteiger partial charge in [-0.2, -0.15) is 0 Å². The van der Waals surface area contributed by atoms with Gasteiger partial charge >= 0.3 is 0 Å². The highest BCUT2D eigenvalue weighted by Crippen LogP contribution is 2.40. The molecule has 1 fully saturated rings. The van der Waals surface area contributed by atoms with Gasteiger partial charge in [0.1, 0.15) is 0 Å². The van der Waals surface area contributed by atoms with Crippen molar-refractivity contribution < 1.29 is 21.6 Å². The van der Waals surface area contributed by atoms with Crippen molar-refractivity contribution in [3.63, 3.8) is 0 Å². The topological polar surface area (TPSA) is 64.8 Å². The summed E-state index contributed by atoms with van der Waals surface area (Å²) in [6, 6.07) is 1.24. The highest BCUT2D eigenvalue weighted by atomic mass is 35.7. The van der Waals surface area contributed by atoms with E-state index in [9.17, 15) is 21.6 Å². The van der Waals surface area contributed by atoms with Crippen LogP contribution in [0.4, 0.5) is 13.2 Å². The summed E-state index contributed by atoms with van der Waals surface area (Å²) in [5.41, 5.74) is -0.114. The molecule has 1 saturated carbocycles. The zero-order valence-electron chi connectivity index (χ0n) is 10.2. The Morgan fingerprint density at radius 3 is 2.19 bits per heavy atom. The molecular weight excluding hydrogens is 331 g/mol. The fraction of sp³-hybridized carbons (Fsp3) is 0.273. The van der Waals surface area contributed by atoms with Gasteiger partial charge in [-0.15, -0.1) is 10.2 Å². The fourth-order valence-electron chi connectivity index (χ4n) is 1.99. The Hall–Kier alpha value is -1.61. The van der Waals surface area contributed by atoms with Gasteiger partial charge in [0.2, 0.25) is 0 Å². The molecule has 0 saturated heterocycles. The molecule has 21 heavy (non-hydrogen) atoms. The van der Waals surface area contributed by atoms with Gasteiger partial charge in [-0.3, -0.25) is 4.57 Å². The Morgan fingerprint density at radius 1 is 1.14 bits per heavy atom. The maximum absolute atomic E-state index is 13.3. The van der Waals surface area contributed by atoms with Crippen LogP contribution in [0.25, 0.3) is 11.4 Å². The minimum atomic E-state index is -4.15. The molecule has 0 unspecified atom stereocenters. The number of halogens is 4. The van der Waals surface area contributed by atoms with Gasteiger partial charge in [0.05, 0.1) is 0 Å². The van der Waals surface area contributed by atoms with E-state index in [1.165, 1.54) is 4.57 Å². The number of rotatable bonds is 3. The second-order valence-corrected chi connectivity index (χ2v) is 7.06. The van der Waals surface area contributed by atoms with E-state index in [1.807, 2.05) is 0 Å². The normalized spacial score (nSPS) is 15.4. The molecule has 0 spiro atoms. The van der Waals surface area contributed by atoms with Crippen molar-refractivity contribution in [2.75, 3.05) is 0 Å². The Labute approximate surface area is 121 Å². The lowest BCUT2D eigenvalue weighted by Gasteiger charge is -2.07. The van der Waals surface area contributed by atoms with Crippen LogP contribution in [0.3, 0.4) is 0 Å². The minimum Gasteiger partial charge on any atom is -0.294 e. The molecule has 0 N–H and O–H groups in total. The van der Waals surface area contributed by atoms with Crippen LogP contribution in [-0.2, 0) is 9.05 Å². The van der Waals surface area contributed by atoms with E-state index in [0.717, 1.165) is 12.1 Å². The molecule has 0 radical (unpaired) electrons. The van der Waals surface area contributed by atoms with Crippen LogP contribution in [0.1, 0.15) is 18.9 Å². The monoisotopic (exact) mass is 337 g/mol. The molecule has 0 bridgehead atoms. The number of aromatic nitrogens is 3. The fourth-order valence-corrected chi connectivity index (χ4v) is 2.91. The van der Waals surface area contributed by atoms with Gasteiger partial charge in [0.15, 0.2) is 23.3 Å². The summed E-state index contributed by atoms with van der Waals surface area (Å²) in [6.07, 6.45) is 1.33. The van der Waals surface area contributed by atoms with Crippen molar-refractivity contribution in [3.8, 4) is 11.4 Å². The SMILES string of the molecule is O=S(=O)(Cl)c1nnc(-c2cc(F)c(F)c(F)c2)n1C1CC1. The van der Waals surface area contributed by atoms with Crippen LogP contribution >= 0.6 is 10.7 Å². The summed E-state index contributed by atoms with van der Waals surface area (Å²) >= 11 is 0. The molecule has 1 heterocycles. The first-order chi connectivity index (χ1) is 9.79. The average Bonchev–Trinajstić information content (AvgIpc) is 3.12. The van der Waals surface area contributed by atoms with E-state index in [1.54, 1.807) is 0 Å². The van der Waals surface area contributed by atoms with Gasteiger partial charge in [0.25, 0.3) is 14.2 Å². The Morgan fingerprint density at radius 2 is 1.71 bits per heavy atom. The van der Waals surface area contributed by atoms with E-state index in [-0.39, 0.29) is 17.4 Å². The lowest BCUT2D eigenvalue weighted by atomic mass is 10.2. The molecule has 3 rings (SSSR count). The minimum absolute atomic E-state index is 0.0745. The lowest BCUT2D eigenvalue weighted by Crippen LogP contribution is -2.06. The third-order valence-electron chi connectivity index (χ3n) is 3.04. The summed E-state index contributed by atoms with van der Waals surface area (Å²) in [7, 11) is 1.11. The van der Waals surface area contributed by atoms with E-state index < -0.39 is 31.7 Å². The summed E-state index contributed by atoms with van der Waals surface area (Å²) in [4.78, 5) is 0. The van der Waals surface area contributed by atoms with Gasteiger partial charge < -0.3 is 0 Å². The van der Waals surface area contributed by atoms with E-state index in [4.69, 9.17) is 10.7 Å². The molecule has 1 aromatic carbocycles. The maximum atomic E-state index is 13.3. The van der Waals surface area contributed by atoms with Crippen LogP contribution in [0, 0.1) is 17.5 Å². The molecule has 112 valence electrons. The zero-order valence-corrected chi connectivity index (χ0v) is 11.8. The third kappa shape index (κ3) is 2.51. The van der Waals surface area contributed by atoms with Crippen molar-refractivity contribution in [1.29, 1.82) is 0 Å². The van der Waals surface area contributed by atoms with Crippen molar-refractivity contribution in [2.45, 2.75) is 24.0 Å². The molecular formula is C11H7ClF3N3O2S. The molecule has 0 atom stereocenters. The molecule has 0 amide bonds. The van der Waals surface area contributed by atoms with Crippen LogP contribution in [0.15, 0.2) is 17.3 Å². The standard InChI is InChI=1S/C11H7ClF3N3O2S/c12-21(19,20)11-17-16-10(18(11)6-1-2-6)5-3-7(13)9(15)8(14)4-5/h3-4,6H,1-2H2. The molecule has 1 aliphatic rings. The van der Waals surface area contributed by atoms with Gasteiger partial charge in [-0.25, -0.2) is 21.6 Å². The number of nitrogens with zero attached hydrogens (tertiary/aromatic N) is 3. The first-order valence-electron chi connectivity index (χ1n) is 5.83. The summed E-state index contributed by atoms with van der Waals surface area (Å²) in [6.45, 7) is 0. The van der Waals surface area contributed by atoms with Gasteiger partial charge in [-0.1, -0.05) is 0 Å². The number of benzene rings is 1. The number of hydrogen-bond acceptors (Lipinski definition) is 4. The van der Waals surface area contributed by atoms with Crippen LogP contribution < -0.4 is 0 Å². The van der Waals surface area contributed by atoms with Gasteiger partial charge in [0, 0.05) is 22.3 Å². The van der Waals surface area contributed by atoms with Crippen molar-refractivity contribution in [2.24, 2.45) is 0 Å². The second kappa shape index (κ2) is 4.70. The predicted octanol–water partition coefficient (Wildman–Crippen LogP) is 2.62. The lowest BCUT2D eigenvalue weighted by molar-refractivity contribution is 0.447. The summed E-state index contributed by atoms with van der Waals surface area (Å²) in [5, 5.41) is 6.59. The molecule has 10 heteroatoms. The van der Waals surface area contributed by atoms with E-state index in [2.05, 4.69) is 10.2 Å². The Bertz CT molecular complexity index is 810. The van der Waals surface area contributed by atoms with E-state index in [0.29, 0.717) is 12.8 Å². The highest BCUT2D eigenvalue weighted by molar-refractivity contribution is 8.13. The third-order valence-corrected chi connectivity index (χ3v) is 4.17. The Balaban J connectivity index is 2.22. The largest absolute Gasteiger partial charge is 0.296 e. The van der Waals surface area contributed by atoms with Crippen molar-refractivity contribution in [1.82, 2.24) is 14.8 Å². The van der Waals surface area contributed by atoms with E-state index >= 15 is 0 Å². The van der Waals surface area contributed by atoms with Gasteiger partial charge in [-0.05, 0) is 25.0 Å². The van der Waals surface area contributed by atoms with Crippen LogP contribution in [0.2, 0.25) is 0 Å². The van der Waals surface area contributed by atoms with Crippen LogP contribution in [-0.4, -0.2) is 23.2 Å². The van der Waals surface area contributed by atoms with Crippen molar-refractivity contribution in [3.05, 3.63) is 29.6 Å². The summed E-state index contributed by atoms with van der Waals surface area (Å²) < 4.78 is 63.7. The molecule has 1 aliphatic carbocycles. The first-order valence-corrected chi connectivity index (χ1v) is 8.14. The molecule has 0 aliphatic heterocycles. The highest BCUT2D eigenvalue weighted by Gasteiger charge is 2.34. The van der Waals surface area contributed by atoms with Crippen LogP contribution in [0.5, 0.6) is 0 Å². The predicted molar refractivity (Wildman–Crippen MR) is 66.6 cm³/mol. The second-order valence-electron chi connectivity index (χ2n) is 4.60. The Kier molecular flexibility index (Phi) is 3.21. The quantitative estimate of drug-likeness (QED) is 0.638. The molecule has 1 aromatic heterocycles. The van der Waals surface area contributed by atoms with Crippen molar-refractivity contribution >= 4 is 19.7 Å². The molecule has 5 nitrogen and oxygen atoms in total. The average molecular weight is 338 g/mol. The smallest absolute Gasteiger partial charge is 0.294 e. The summed E-state index contributed by atoms with van der Waals surface area (Å²) in [5.74, 6) is -4.48. The zero-order chi connectivity index (χ0) is 15.4. The maximum Gasteiger partial charge on any atom is 0.296 e. The number of hydrogen-bond donors (Lipinski definition) is 0.